The van der Waals surface area contributed by atoms with Gasteiger partial charge in [0.1, 0.15) is 0 Å². The molecule has 0 saturated carbocycles. The first-order chi connectivity index (χ1) is 9.42. The number of unbranched alkanes of at least 4 members (excludes halogenated alkanes) is 1. The first-order valence-corrected chi connectivity index (χ1v) is 8.08. The predicted molar refractivity (Wildman–Crippen MR) is 89.0 cm³/mol. The van der Waals surface area contributed by atoms with Crippen molar-refractivity contribution in [2.45, 2.75) is 53.0 Å². The lowest BCUT2D eigenvalue weighted by Gasteiger charge is -2.29. The van der Waals surface area contributed by atoms with Crippen molar-refractivity contribution in [3.8, 4) is 0 Å². The van der Waals surface area contributed by atoms with Crippen LogP contribution in [0.4, 0.5) is 5.69 Å². The summed E-state index contributed by atoms with van der Waals surface area (Å²) in [5.74, 6) is 0.0368. The van der Waals surface area contributed by atoms with E-state index in [-0.39, 0.29) is 11.9 Å². The Morgan fingerprint density at radius 1 is 1.40 bits per heavy atom. The lowest BCUT2D eigenvalue weighted by molar-refractivity contribution is 0.0686. The maximum atomic E-state index is 12.8. The van der Waals surface area contributed by atoms with Gasteiger partial charge in [0.25, 0.3) is 5.91 Å². The second-order valence-corrected chi connectivity index (χ2v) is 6.17. The second kappa shape index (κ2) is 7.67. The van der Waals surface area contributed by atoms with Crippen molar-refractivity contribution in [2.75, 3.05) is 12.3 Å². The zero-order valence-corrected chi connectivity index (χ0v) is 14.5. The Balaban J connectivity index is 3.11. The predicted octanol–water partition coefficient (Wildman–Crippen LogP) is 4.38. The van der Waals surface area contributed by atoms with Crippen molar-refractivity contribution in [3.63, 3.8) is 0 Å². The van der Waals surface area contributed by atoms with E-state index in [4.69, 9.17) is 5.73 Å². The van der Waals surface area contributed by atoms with Gasteiger partial charge in [0.05, 0.1) is 11.3 Å². The molecule has 0 aliphatic rings. The summed E-state index contributed by atoms with van der Waals surface area (Å²) in [6.07, 6.45) is 3.04. The molecule has 0 fully saturated rings. The normalized spacial score (nSPS) is 12.2. The molecule has 0 aromatic heterocycles. The van der Waals surface area contributed by atoms with Gasteiger partial charge in [0, 0.05) is 17.1 Å². The molecule has 0 aliphatic heterocycles. The van der Waals surface area contributed by atoms with E-state index in [0.717, 1.165) is 35.8 Å². The third-order valence-corrected chi connectivity index (χ3v) is 4.30. The number of anilines is 1. The minimum atomic E-state index is 0.0368. The molecule has 0 aliphatic carbocycles. The molecule has 0 spiro atoms. The molecule has 3 nitrogen and oxygen atoms in total. The van der Waals surface area contributed by atoms with Gasteiger partial charge in [-0.15, -0.1) is 0 Å². The van der Waals surface area contributed by atoms with Crippen molar-refractivity contribution in [1.29, 1.82) is 0 Å². The van der Waals surface area contributed by atoms with Crippen LogP contribution in [0.1, 0.15) is 56.0 Å². The van der Waals surface area contributed by atoms with E-state index in [1.165, 1.54) is 0 Å². The maximum absolute atomic E-state index is 12.8. The number of benzene rings is 1. The van der Waals surface area contributed by atoms with Crippen LogP contribution in [0.25, 0.3) is 0 Å². The average molecular weight is 341 g/mol. The number of amides is 1. The molecule has 1 rings (SSSR count). The molecule has 1 aromatic rings. The van der Waals surface area contributed by atoms with Gasteiger partial charge >= 0.3 is 0 Å². The van der Waals surface area contributed by atoms with E-state index >= 15 is 0 Å². The summed E-state index contributed by atoms with van der Waals surface area (Å²) in [6, 6.07) is 4.04. The molecule has 1 amide bonds. The van der Waals surface area contributed by atoms with Crippen LogP contribution in [-0.2, 0) is 0 Å². The van der Waals surface area contributed by atoms with Crippen LogP contribution in [0, 0.1) is 6.92 Å². The van der Waals surface area contributed by atoms with E-state index in [1.54, 1.807) is 0 Å². The topological polar surface area (TPSA) is 46.3 Å². The molecule has 20 heavy (non-hydrogen) atoms. The maximum Gasteiger partial charge on any atom is 0.256 e. The second-order valence-electron chi connectivity index (χ2n) is 5.32. The summed E-state index contributed by atoms with van der Waals surface area (Å²) in [5, 5.41) is 0. The van der Waals surface area contributed by atoms with Gasteiger partial charge in [-0.3, -0.25) is 4.79 Å². The Labute approximate surface area is 130 Å². The summed E-state index contributed by atoms with van der Waals surface area (Å²) in [7, 11) is 0. The van der Waals surface area contributed by atoms with Crippen LogP contribution in [0.15, 0.2) is 16.6 Å². The molecule has 0 saturated heterocycles. The number of rotatable bonds is 6. The molecule has 1 aromatic carbocycles. The minimum Gasteiger partial charge on any atom is -0.397 e. The quantitative estimate of drug-likeness (QED) is 0.781. The number of hydrogen-bond acceptors (Lipinski definition) is 2. The summed E-state index contributed by atoms with van der Waals surface area (Å²) >= 11 is 3.43. The van der Waals surface area contributed by atoms with Crippen LogP contribution in [0.3, 0.4) is 0 Å². The number of nitrogens with zero attached hydrogens (tertiary/aromatic N) is 1. The van der Waals surface area contributed by atoms with Gasteiger partial charge in [0.2, 0.25) is 0 Å². The first-order valence-electron chi connectivity index (χ1n) is 7.28. The Hall–Kier alpha value is -1.03. The van der Waals surface area contributed by atoms with E-state index in [9.17, 15) is 4.79 Å². The van der Waals surface area contributed by atoms with Gasteiger partial charge in [-0.05, 0) is 60.3 Å². The van der Waals surface area contributed by atoms with Crippen molar-refractivity contribution >= 4 is 27.5 Å². The van der Waals surface area contributed by atoms with Gasteiger partial charge in [-0.1, -0.05) is 20.3 Å². The molecule has 0 radical (unpaired) electrons. The fraction of sp³-hybridized carbons (Fsp3) is 0.562. The number of carbonyl (C=O) groups is 1. The number of carbonyl (C=O) groups excluding carboxylic acids is 1. The minimum absolute atomic E-state index is 0.0368. The molecular formula is C16H25BrN2O. The zero-order valence-electron chi connectivity index (χ0n) is 12.9. The van der Waals surface area contributed by atoms with Crippen molar-refractivity contribution in [2.24, 2.45) is 0 Å². The SMILES string of the molecule is CCCCN(C(=O)c1cc(C)cc(Br)c1N)C(C)CC. The van der Waals surface area contributed by atoms with Gasteiger partial charge < -0.3 is 10.6 Å². The highest BCUT2D eigenvalue weighted by atomic mass is 79.9. The van der Waals surface area contributed by atoms with Crippen LogP contribution >= 0.6 is 15.9 Å². The number of halogens is 1. The zero-order chi connectivity index (χ0) is 15.3. The van der Waals surface area contributed by atoms with E-state index < -0.39 is 0 Å². The fourth-order valence-corrected chi connectivity index (χ4v) is 2.73. The smallest absolute Gasteiger partial charge is 0.256 e. The molecule has 2 N–H and O–H groups in total. The average Bonchev–Trinajstić information content (AvgIpc) is 2.42. The van der Waals surface area contributed by atoms with Gasteiger partial charge in [-0.25, -0.2) is 0 Å². The molecule has 0 bridgehead atoms. The molecule has 0 heterocycles. The van der Waals surface area contributed by atoms with E-state index in [2.05, 4.69) is 36.7 Å². The number of nitrogens with two attached hydrogens (primary N) is 1. The van der Waals surface area contributed by atoms with Gasteiger partial charge in [0.15, 0.2) is 0 Å². The number of aryl methyl sites for hydroxylation is 1. The third-order valence-electron chi connectivity index (χ3n) is 3.64. The first kappa shape index (κ1) is 17.0. The highest BCUT2D eigenvalue weighted by Crippen LogP contribution is 2.27. The summed E-state index contributed by atoms with van der Waals surface area (Å²) in [5.41, 5.74) is 8.24. The van der Waals surface area contributed by atoms with Gasteiger partial charge in [-0.2, -0.15) is 0 Å². The van der Waals surface area contributed by atoms with Crippen molar-refractivity contribution in [3.05, 3.63) is 27.7 Å². The summed E-state index contributed by atoms with van der Waals surface area (Å²) < 4.78 is 0.792. The van der Waals surface area contributed by atoms with E-state index in [1.807, 2.05) is 24.0 Å². The lowest BCUT2D eigenvalue weighted by Crippen LogP contribution is -2.39. The molecular weight excluding hydrogens is 316 g/mol. The largest absolute Gasteiger partial charge is 0.397 e. The van der Waals surface area contributed by atoms with E-state index in [0.29, 0.717) is 11.3 Å². The Morgan fingerprint density at radius 2 is 2.05 bits per heavy atom. The fourth-order valence-electron chi connectivity index (χ4n) is 2.16. The number of hydrogen-bond donors (Lipinski definition) is 1. The van der Waals surface area contributed by atoms with Crippen molar-refractivity contribution in [1.82, 2.24) is 4.90 Å². The molecule has 1 unspecified atom stereocenters. The van der Waals surface area contributed by atoms with Crippen LogP contribution < -0.4 is 5.73 Å². The Bertz CT molecular complexity index is 474. The highest BCUT2D eigenvalue weighted by molar-refractivity contribution is 9.10. The highest BCUT2D eigenvalue weighted by Gasteiger charge is 2.22. The van der Waals surface area contributed by atoms with Crippen LogP contribution in [0.2, 0.25) is 0 Å². The molecule has 4 heteroatoms. The summed E-state index contributed by atoms with van der Waals surface area (Å²) in [6.45, 7) is 9.09. The number of nitrogen functional groups attached to an aromatic ring is 1. The monoisotopic (exact) mass is 340 g/mol. The lowest BCUT2D eigenvalue weighted by atomic mass is 10.1. The molecule has 112 valence electrons. The van der Waals surface area contributed by atoms with Crippen molar-refractivity contribution < 1.29 is 4.79 Å². The summed E-state index contributed by atoms with van der Waals surface area (Å²) in [4.78, 5) is 14.7. The Kier molecular flexibility index (Phi) is 6.53. The third kappa shape index (κ3) is 3.98. The van der Waals surface area contributed by atoms with Crippen LogP contribution in [0.5, 0.6) is 0 Å². The molecule has 1 atom stereocenters. The van der Waals surface area contributed by atoms with Crippen LogP contribution in [-0.4, -0.2) is 23.4 Å². The Morgan fingerprint density at radius 3 is 2.60 bits per heavy atom. The standard InChI is InChI=1S/C16H25BrN2O/c1-5-7-8-19(12(4)6-2)16(20)13-9-11(3)10-14(17)15(13)18/h9-10,12H,5-8,18H2,1-4H3.